The SMILES string of the molecule is CC(C)(C)CCCOCCOCCOCCOCCOCCC(=O)C(C)(C)C. The summed E-state index contributed by atoms with van der Waals surface area (Å²) in [5, 5.41) is 0. The predicted molar refractivity (Wildman–Crippen MR) is 112 cm³/mol. The Labute approximate surface area is 172 Å². The van der Waals surface area contributed by atoms with Crippen LogP contribution in [0.5, 0.6) is 0 Å². The lowest BCUT2D eigenvalue weighted by molar-refractivity contribution is -0.127. The van der Waals surface area contributed by atoms with Gasteiger partial charge in [0.2, 0.25) is 0 Å². The lowest BCUT2D eigenvalue weighted by atomic mass is 9.89. The van der Waals surface area contributed by atoms with E-state index in [1.54, 1.807) is 0 Å². The highest BCUT2D eigenvalue weighted by atomic mass is 16.6. The highest BCUT2D eigenvalue weighted by Gasteiger charge is 2.20. The van der Waals surface area contributed by atoms with E-state index >= 15 is 0 Å². The molecule has 0 saturated heterocycles. The van der Waals surface area contributed by atoms with E-state index in [-0.39, 0.29) is 11.2 Å². The van der Waals surface area contributed by atoms with Crippen molar-refractivity contribution in [3.8, 4) is 0 Å². The summed E-state index contributed by atoms with van der Waals surface area (Å²) in [4.78, 5) is 11.7. The van der Waals surface area contributed by atoms with Gasteiger partial charge in [0.05, 0.1) is 59.5 Å². The topological polar surface area (TPSA) is 63.2 Å². The smallest absolute Gasteiger partial charge is 0.140 e. The van der Waals surface area contributed by atoms with Crippen LogP contribution in [0.2, 0.25) is 0 Å². The van der Waals surface area contributed by atoms with Crippen LogP contribution in [-0.2, 0) is 28.5 Å². The molecule has 0 aliphatic carbocycles. The van der Waals surface area contributed by atoms with Gasteiger partial charge in [-0.05, 0) is 18.3 Å². The van der Waals surface area contributed by atoms with Gasteiger partial charge in [0, 0.05) is 18.4 Å². The molecule has 0 bridgehead atoms. The van der Waals surface area contributed by atoms with Gasteiger partial charge in [-0.3, -0.25) is 4.79 Å². The number of carbonyl (C=O) groups is 1. The monoisotopic (exact) mass is 404 g/mol. The van der Waals surface area contributed by atoms with Gasteiger partial charge in [-0.1, -0.05) is 41.5 Å². The van der Waals surface area contributed by atoms with Crippen molar-refractivity contribution < 1.29 is 28.5 Å². The van der Waals surface area contributed by atoms with E-state index in [9.17, 15) is 4.79 Å². The van der Waals surface area contributed by atoms with Crippen molar-refractivity contribution in [1.29, 1.82) is 0 Å². The lowest BCUT2D eigenvalue weighted by Crippen LogP contribution is -2.22. The van der Waals surface area contributed by atoms with Crippen LogP contribution < -0.4 is 0 Å². The van der Waals surface area contributed by atoms with Crippen LogP contribution in [0.15, 0.2) is 0 Å². The van der Waals surface area contributed by atoms with Gasteiger partial charge < -0.3 is 23.7 Å². The number of carbonyl (C=O) groups excluding carboxylic acids is 1. The molecule has 0 aliphatic heterocycles. The highest BCUT2D eigenvalue weighted by molar-refractivity contribution is 5.83. The Morgan fingerprint density at radius 3 is 1.29 bits per heavy atom. The summed E-state index contributed by atoms with van der Waals surface area (Å²) in [6.45, 7) is 18.2. The molecule has 0 saturated carbocycles. The average molecular weight is 405 g/mol. The first-order chi connectivity index (χ1) is 13.1. The standard InChI is InChI=1S/C22H44O6/c1-21(2,3)9-7-10-24-12-14-26-16-18-28-19-17-27-15-13-25-11-8-20(23)22(4,5)6/h7-19H2,1-6H3. The molecule has 6 heteroatoms. The third kappa shape index (κ3) is 20.2. The number of hydrogen-bond acceptors (Lipinski definition) is 6. The first kappa shape index (κ1) is 27.5. The number of ether oxygens (including phenoxy) is 5. The zero-order chi connectivity index (χ0) is 21.3. The number of Topliss-reactive ketones (excluding diaryl/α,β-unsaturated/α-hetero) is 1. The molecule has 0 heterocycles. The van der Waals surface area contributed by atoms with Crippen molar-refractivity contribution in [2.75, 3.05) is 66.1 Å². The predicted octanol–water partition coefficient (Wildman–Crippen LogP) is 3.90. The Morgan fingerprint density at radius 2 is 0.929 bits per heavy atom. The van der Waals surface area contributed by atoms with Crippen LogP contribution in [-0.4, -0.2) is 71.9 Å². The van der Waals surface area contributed by atoms with Gasteiger partial charge in [-0.2, -0.15) is 0 Å². The van der Waals surface area contributed by atoms with E-state index in [0.717, 1.165) is 13.0 Å². The van der Waals surface area contributed by atoms with Crippen LogP contribution in [0.3, 0.4) is 0 Å². The van der Waals surface area contributed by atoms with Crippen LogP contribution in [0.4, 0.5) is 0 Å². The summed E-state index contributed by atoms with van der Waals surface area (Å²) in [5.74, 6) is 0.219. The molecule has 28 heavy (non-hydrogen) atoms. The fraction of sp³-hybridized carbons (Fsp3) is 0.955. The molecule has 0 rings (SSSR count). The molecule has 0 aromatic heterocycles. The molecule has 0 unspecified atom stereocenters. The van der Waals surface area contributed by atoms with Crippen molar-refractivity contribution in [2.24, 2.45) is 10.8 Å². The Balaban J connectivity index is 3.15. The minimum Gasteiger partial charge on any atom is -0.379 e. The summed E-state index contributed by atoms with van der Waals surface area (Å²) in [7, 11) is 0. The molecular weight excluding hydrogens is 360 g/mol. The molecule has 0 spiro atoms. The van der Waals surface area contributed by atoms with Crippen LogP contribution >= 0.6 is 0 Å². The summed E-state index contributed by atoms with van der Waals surface area (Å²) >= 11 is 0. The molecule has 0 aromatic carbocycles. The molecule has 6 nitrogen and oxygen atoms in total. The van der Waals surface area contributed by atoms with E-state index in [1.807, 2.05) is 20.8 Å². The zero-order valence-electron chi connectivity index (χ0n) is 19.1. The molecule has 0 radical (unpaired) electrons. The zero-order valence-corrected chi connectivity index (χ0v) is 19.1. The van der Waals surface area contributed by atoms with E-state index < -0.39 is 0 Å². The minimum absolute atomic E-state index is 0.219. The number of rotatable bonds is 18. The number of ketones is 1. The van der Waals surface area contributed by atoms with Crippen LogP contribution in [0.1, 0.15) is 60.8 Å². The van der Waals surface area contributed by atoms with Crippen molar-refractivity contribution in [3.05, 3.63) is 0 Å². The largest absolute Gasteiger partial charge is 0.379 e. The third-order valence-electron chi connectivity index (χ3n) is 4.01. The molecule has 0 N–H and O–H groups in total. The molecule has 168 valence electrons. The third-order valence-corrected chi connectivity index (χ3v) is 4.01. The maximum absolute atomic E-state index is 11.7. The summed E-state index contributed by atoms with van der Waals surface area (Å²) in [6, 6.07) is 0. The van der Waals surface area contributed by atoms with E-state index in [4.69, 9.17) is 23.7 Å². The van der Waals surface area contributed by atoms with Crippen molar-refractivity contribution in [3.63, 3.8) is 0 Å². The van der Waals surface area contributed by atoms with Gasteiger partial charge in [0.1, 0.15) is 5.78 Å². The quantitative estimate of drug-likeness (QED) is 0.323. The lowest BCUT2D eigenvalue weighted by Gasteiger charge is -2.17. The minimum atomic E-state index is -0.292. The second kappa shape index (κ2) is 16.3. The number of hydrogen-bond donors (Lipinski definition) is 0. The van der Waals surface area contributed by atoms with Gasteiger partial charge in [-0.25, -0.2) is 0 Å². The van der Waals surface area contributed by atoms with Crippen LogP contribution in [0, 0.1) is 10.8 Å². The molecule has 0 amide bonds. The van der Waals surface area contributed by atoms with Crippen LogP contribution in [0.25, 0.3) is 0 Å². The first-order valence-corrected chi connectivity index (χ1v) is 10.5. The Kier molecular flexibility index (Phi) is 16.0. The summed E-state index contributed by atoms with van der Waals surface area (Å²) < 4.78 is 27.3. The summed E-state index contributed by atoms with van der Waals surface area (Å²) in [5.41, 5.74) is 0.0838. The normalized spacial score (nSPS) is 12.5. The van der Waals surface area contributed by atoms with E-state index in [0.29, 0.717) is 71.3 Å². The Hall–Kier alpha value is -0.530. The van der Waals surface area contributed by atoms with Gasteiger partial charge >= 0.3 is 0 Å². The van der Waals surface area contributed by atoms with Gasteiger partial charge in [-0.15, -0.1) is 0 Å². The average Bonchev–Trinajstić information content (AvgIpc) is 2.58. The maximum Gasteiger partial charge on any atom is 0.140 e. The van der Waals surface area contributed by atoms with Crippen molar-refractivity contribution >= 4 is 5.78 Å². The van der Waals surface area contributed by atoms with Crippen molar-refractivity contribution in [2.45, 2.75) is 60.8 Å². The Bertz CT molecular complexity index is 370. The molecule has 0 fully saturated rings. The fourth-order valence-corrected chi connectivity index (χ4v) is 2.23. The van der Waals surface area contributed by atoms with Crippen molar-refractivity contribution in [1.82, 2.24) is 0 Å². The van der Waals surface area contributed by atoms with Gasteiger partial charge in [0.25, 0.3) is 0 Å². The summed E-state index contributed by atoms with van der Waals surface area (Å²) in [6.07, 6.45) is 2.72. The second-order valence-corrected chi connectivity index (χ2v) is 9.15. The van der Waals surface area contributed by atoms with E-state index in [2.05, 4.69) is 20.8 Å². The second-order valence-electron chi connectivity index (χ2n) is 9.15. The molecule has 0 aromatic rings. The maximum atomic E-state index is 11.7. The molecule has 0 aliphatic rings. The fourth-order valence-electron chi connectivity index (χ4n) is 2.23. The van der Waals surface area contributed by atoms with E-state index in [1.165, 1.54) is 6.42 Å². The molecular formula is C22H44O6. The Morgan fingerprint density at radius 1 is 0.571 bits per heavy atom. The highest BCUT2D eigenvalue weighted by Crippen LogP contribution is 2.20. The molecule has 0 atom stereocenters. The first-order valence-electron chi connectivity index (χ1n) is 10.5. The van der Waals surface area contributed by atoms with Gasteiger partial charge in [0.15, 0.2) is 0 Å².